The lowest BCUT2D eigenvalue weighted by Crippen LogP contribution is -3.16. The van der Waals surface area contributed by atoms with Crippen LogP contribution in [0.25, 0.3) is 0 Å². The lowest BCUT2D eigenvalue weighted by Gasteiger charge is -2.34. The highest BCUT2D eigenvalue weighted by atomic mass is 16.5. The SMILES string of the molecule is COc1ccccc1N1CC[NH+](CC(=O)N[C@](C)(C#N)C(C)C)CC1. The molecule has 0 spiro atoms. The third kappa shape index (κ3) is 4.64. The molecule has 0 bridgehead atoms. The van der Waals surface area contributed by atoms with Crippen LogP contribution in [0.4, 0.5) is 5.69 Å². The maximum Gasteiger partial charge on any atom is 0.276 e. The topological polar surface area (TPSA) is 69.8 Å². The number of anilines is 1. The van der Waals surface area contributed by atoms with E-state index in [1.807, 2.05) is 32.0 Å². The maximum absolute atomic E-state index is 12.3. The number of nitriles is 1. The van der Waals surface area contributed by atoms with Gasteiger partial charge in [0.15, 0.2) is 6.54 Å². The Bertz CT molecular complexity index is 633. The van der Waals surface area contributed by atoms with Crippen molar-refractivity contribution in [2.24, 2.45) is 5.92 Å². The van der Waals surface area contributed by atoms with Gasteiger partial charge in [-0.3, -0.25) is 4.79 Å². The van der Waals surface area contributed by atoms with Crippen molar-refractivity contribution in [3.63, 3.8) is 0 Å². The molecule has 1 fully saturated rings. The Morgan fingerprint density at radius 2 is 2.04 bits per heavy atom. The maximum atomic E-state index is 12.3. The van der Waals surface area contributed by atoms with E-state index in [0.717, 1.165) is 37.6 Å². The second-order valence-corrected chi connectivity index (χ2v) is 7.10. The van der Waals surface area contributed by atoms with Gasteiger partial charge in [-0.2, -0.15) is 5.26 Å². The summed E-state index contributed by atoms with van der Waals surface area (Å²) >= 11 is 0. The molecule has 1 atom stereocenters. The lowest BCUT2D eigenvalue weighted by atomic mass is 9.90. The number of methoxy groups -OCH3 is 1. The fourth-order valence-corrected chi connectivity index (χ4v) is 2.99. The molecule has 1 saturated heterocycles. The third-order valence-electron chi connectivity index (χ3n) is 5.09. The predicted molar refractivity (Wildman–Crippen MR) is 97.8 cm³/mol. The van der Waals surface area contributed by atoms with Crippen LogP contribution in [0.3, 0.4) is 0 Å². The first-order valence-electron chi connectivity index (χ1n) is 8.83. The number of quaternary nitrogens is 1. The van der Waals surface area contributed by atoms with Gasteiger partial charge in [-0.15, -0.1) is 0 Å². The van der Waals surface area contributed by atoms with Gasteiger partial charge in [0.05, 0.1) is 45.0 Å². The molecule has 0 aliphatic carbocycles. The Morgan fingerprint density at radius 1 is 1.40 bits per heavy atom. The molecule has 2 N–H and O–H groups in total. The number of rotatable bonds is 6. The van der Waals surface area contributed by atoms with E-state index in [1.54, 1.807) is 14.0 Å². The number of hydrogen-bond donors (Lipinski definition) is 2. The van der Waals surface area contributed by atoms with Crippen LogP contribution < -0.4 is 19.9 Å². The molecule has 0 saturated carbocycles. The number of ether oxygens (including phenoxy) is 1. The van der Waals surface area contributed by atoms with E-state index in [-0.39, 0.29) is 11.8 Å². The molecule has 1 aliphatic heterocycles. The molecule has 136 valence electrons. The highest BCUT2D eigenvalue weighted by molar-refractivity contribution is 5.78. The quantitative estimate of drug-likeness (QED) is 0.786. The first kappa shape index (κ1) is 19.1. The largest absolute Gasteiger partial charge is 0.495 e. The van der Waals surface area contributed by atoms with Crippen LogP contribution in [-0.4, -0.2) is 51.3 Å². The Labute approximate surface area is 150 Å². The predicted octanol–water partition coefficient (Wildman–Crippen LogP) is 0.455. The van der Waals surface area contributed by atoms with Gasteiger partial charge in [0.1, 0.15) is 11.3 Å². The zero-order valence-corrected chi connectivity index (χ0v) is 15.6. The number of carbonyl (C=O) groups is 1. The molecular weight excluding hydrogens is 316 g/mol. The van der Waals surface area contributed by atoms with Crippen molar-refractivity contribution < 1.29 is 14.4 Å². The number of hydrogen-bond acceptors (Lipinski definition) is 4. The monoisotopic (exact) mass is 345 g/mol. The van der Waals surface area contributed by atoms with E-state index < -0.39 is 5.54 Å². The average Bonchev–Trinajstić information content (AvgIpc) is 2.62. The summed E-state index contributed by atoms with van der Waals surface area (Å²) in [6.45, 7) is 9.61. The van der Waals surface area contributed by atoms with Gasteiger partial charge in [0.25, 0.3) is 5.91 Å². The van der Waals surface area contributed by atoms with Crippen LogP contribution >= 0.6 is 0 Å². The molecule has 1 aromatic carbocycles. The molecule has 1 amide bonds. The van der Waals surface area contributed by atoms with E-state index >= 15 is 0 Å². The fourth-order valence-electron chi connectivity index (χ4n) is 2.99. The fraction of sp³-hybridized carbons (Fsp3) is 0.579. The van der Waals surface area contributed by atoms with E-state index in [9.17, 15) is 10.1 Å². The lowest BCUT2D eigenvalue weighted by molar-refractivity contribution is -0.892. The van der Waals surface area contributed by atoms with Crippen molar-refractivity contribution in [3.8, 4) is 11.8 Å². The number of nitrogens with zero attached hydrogens (tertiary/aromatic N) is 2. The van der Waals surface area contributed by atoms with Crippen LogP contribution in [0.1, 0.15) is 20.8 Å². The van der Waals surface area contributed by atoms with Crippen molar-refractivity contribution in [2.45, 2.75) is 26.3 Å². The van der Waals surface area contributed by atoms with Crippen molar-refractivity contribution in [1.82, 2.24) is 5.32 Å². The van der Waals surface area contributed by atoms with E-state index in [1.165, 1.54) is 4.90 Å². The molecule has 0 radical (unpaired) electrons. The van der Waals surface area contributed by atoms with E-state index in [4.69, 9.17) is 4.74 Å². The summed E-state index contributed by atoms with van der Waals surface area (Å²) in [7, 11) is 1.69. The molecule has 0 aromatic heterocycles. The Morgan fingerprint density at radius 3 is 2.60 bits per heavy atom. The minimum Gasteiger partial charge on any atom is -0.495 e. The third-order valence-corrected chi connectivity index (χ3v) is 5.09. The summed E-state index contributed by atoms with van der Waals surface area (Å²) < 4.78 is 5.44. The summed E-state index contributed by atoms with van der Waals surface area (Å²) in [5.41, 5.74) is 0.292. The Kier molecular flexibility index (Phi) is 6.27. The molecule has 25 heavy (non-hydrogen) atoms. The van der Waals surface area contributed by atoms with Crippen molar-refractivity contribution in [2.75, 3.05) is 44.7 Å². The normalized spacial score (nSPS) is 17.7. The van der Waals surface area contributed by atoms with Crippen molar-refractivity contribution in [1.29, 1.82) is 5.26 Å². The van der Waals surface area contributed by atoms with Gasteiger partial charge in [0.2, 0.25) is 0 Å². The van der Waals surface area contributed by atoms with Gasteiger partial charge >= 0.3 is 0 Å². The van der Waals surface area contributed by atoms with Gasteiger partial charge in [-0.25, -0.2) is 0 Å². The van der Waals surface area contributed by atoms with Gasteiger partial charge in [-0.05, 0) is 25.0 Å². The van der Waals surface area contributed by atoms with Crippen LogP contribution in [0, 0.1) is 17.2 Å². The van der Waals surface area contributed by atoms with Gasteiger partial charge in [0, 0.05) is 0 Å². The molecule has 0 unspecified atom stereocenters. The van der Waals surface area contributed by atoms with Gasteiger partial charge in [-0.1, -0.05) is 26.0 Å². The zero-order valence-electron chi connectivity index (χ0n) is 15.6. The summed E-state index contributed by atoms with van der Waals surface area (Å²) in [4.78, 5) is 15.9. The molecule has 1 heterocycles. The van der Waals surface area contributed by atoms with Crippen LogP contribution in [0.15, 0.2) is 24.3 Å². The number of carbonyl (C=O) groups excluding carboxylic acids is 1. The van der Waals surface area contributed by atoms with E-state index in [0.29, 0.717) is 6.54 Å². The number of para-hydroxylation sites is 2. The first-order chi connectivity index (χ1) is 11.9. The summed E-state index contributed by atoms with van der Waals surface area (Å²) in [6, 6.07) is 10.2. The minimum absolute atomic E-state index is 0.0570. The van der Waals surface area contributed by atoms with Crippen LogP contribution in [0.5, 0.6) is 5.75 Å². The summed E-state index contributed by atoms with van der Waals surface area (Å²) in [6.07, 6.45) is 0. The second-order valence-electron chi connectivity index (χ2n) is 7.10. The Balaban J connectivity index is 1.88. The zero-order chi connectivity index (χ0) is 18.4. The minimum atomic E-state index is -0.810. The number of piperazine rings is 1. The molecular formula is C19H29N4O2+. The number of nitrogens with one attached hydrogen (secondary N) is 2. The Hall–Kier alpha value is -2.26. The molecule has 6 heteroatoms. The average molecular weight is 345 g/mol. The number of amides is 1. The highest BCUT2D eigenvalue weighted by Gasteiger charge is 2.32. The first-order valence-corrected chi connectivity index (χ1v) is 8.83. The summed E-state index contributed by atoms with van der Waals surface area (Å²) in [5.74, 6) is 0.891. The van der Waals surface area contributed by atoms with Crippen molar-refractivity contribution in [3.05, 3.63) is 24.3 Å². The number of benzene rings is 1. The second kappa shape index (κ2) is 8.21. The van der Waals surface area contributed by atoms with Crippen LogP contribution in [0.2, 0.25) is 0 Å². The summed E-state index contributed by atoms with van der Waals surface area (Å²) in [5, 5.41) is 12.2. The smallest absolute Gasteiger partial charge is 0.276 e. The van der Waals surface area contributed by atoms with Gasteiger partial charge < -0.3 is 19.9 Å². The molecule has 2 rings (SSSR count). The van der Waals surface area contributed by atoms with Crippen molar-refractivity contribution >= 4 is 11.6 Å². The molecule has 1 aliphatic rings. The van der Waals surface area contributed by atoms with E-state index in [2.05, 4.69) is 22.4 Å². The standard InChI is InChI=1S/C19H28N4O2/c1-15(2)19(3,14-20)21-18(24)13-22-9-11-23(12-10-22)16-7-5-6-8-17(16)25-4/h5-8,15H,9-13H2,1-4H3,(H,21,24)/p+1/t19-/m1/s1. The molecule has 1 aromatic rings. The van der Waals surface area contributed by atoms with Crippen LogP contribution in [-0.2, 0) is 4.79 Å². The highest BCUT2D eigenvalue weighted by Crippen LogP contribution is 2.27. The molecule has 6 nitrogen and oxygen atoms in total.